The van der Waals surface area contributed by atoms with E-state index in [1.165, 1.54) is 10.2 Å². The lowest BCUT2D eigenvalue weighted by Crippen LogP contribution is -2.13. The van der Waals surface area contributed by atoms with E-state index in [4.69, 9.17) is 5.73 Å². The van der Waals surface area contributed by atoms with E-state index in [0.29, 0.717) is 17.6 Å². The number of aromatic nitrogens is 3. The molecule has 0 saturated carbocycles. The molecule has 0 saturated heterocycles. The van der Waals surface area contributed by atoms with E-state index in [2.05, 4.69) is 9.97 Å². The van der Waals surface area contributed by atoms with Crippen molar-refractivity contribution < 1.29 is 8.42 Å². The molecule has 0 radical (unpaired) electrons. The highest BCUT2D eigenvalue weighted by Crippen LogP contribution is 2.24. The molecule has 0 unspecified atom stereocenters. The first-order valence-corrected chi connectivity index (χ1v) is 9.89. The predicted octanol–water partition coefficient (Wildman–Crippen LogP) is 3.15. The molecule has 0 amide bonds. The lowest BCUT2D eigenvalue weighted by atomic mass is 10.1. The Morgan fingerprint density at radius 3 is 2.37 bits per heavy atom. The first kappa shape index (κ1) is 17.2. The van der Waals surface area contributed by atoms with Crippen molar-refractivity contribution in [2.24, 2.45) is 0 Å². The Balaban J connectivity index is 1.83. The second-order valence-corrected chi connectivity index (χ2v) is 8.17. The molecule has 2 N–H and O–H groups in total. The quantitative estimate of drug-likeness (QED) is 0.589. The molecule has 0 bridgehead atoms. The van der Waals surface area contributed by atoms with Gasteiger partial charge in [-0.3, -0.25) is 0 Å². The number of nitrogens with two attached hydrogens (primary N) is 1. The van der Waals surface area contributed by atoms with Crippen LogP contribution in [0, 0.1) is 6.92 Å². The number of hydrogen-bond donors (Lipinski definition) is 1. The third-order valence-electron chi connectivity index (χ3n) is 4.37. The summed E-state index contributed by atoms with van der Waals surface area (Å²) in [6, 6.07) is 18.1. The second kappa shape index (κ2) is 6.51. The van der Waals surface area contributed by atoms with Crippen LogP contribution in [0.25, 0.3) is 11.0 Å². The van der Waals surface area contributed by atoms with Gasteiger partial charge in [0.25, 0.3) is 10.0 Å². The zero-order valence-corrected chi connectivity index (χ0v) is 15.5. The molecule has 27 heavy (non-hydrogen) atoms. The van der Waals surface area contributed by atoms with Gasteiger partial charge in [0.1, 0.15) is 11.6 Å². The average molecular weight is 378 g/mol. The maximum Gasteiger partial charge on any atom is 0.269 e. The summed E-state index contributed by atoms with van der Waals surface area (Å²) < 4.78 is 27.3. The van der Waals surface area contributed by atoms with Crippen molar-refractivity contribution in [3.05, 3.63) is 83.8 Å². The normalized spacial score (nSPS) is 11.7. The molecule has 6 nitrogen and oxygen atoms in total. The minimum absolute atomic E-state index is 0.201. The summed E-state index contributed by atoms with van der Waals surface area (Å²) in [7, 11) is -3.77. The summed E-state index contributed by atoms with van der Waals surface area (Å²) in [5.74, 6) is 0.744. The molecule has 7 heteroatoms. The van der Waals surface area contributed by atoms with Crippen molar-refractivity contribution in [3.8, 4) is 0 Å². The third-order valence-corrected chi connectivity index (χ3v) is 6.05. The number of benzene rings is 2. The van der Waals surface area contributed by atoms with Gasteiger partial charge in [-0.15, -0.1) is 0 Å². The first-order chi connectivity index (χ1) is 12.9. The number of anilines is 1. The Bertz CT molecular complexity index is 1210. The zero-order chi connectivity index (χ0) is 19.0. The molecular formula is C20H18N4O2S. The number of nitrogen functional groups attached to an aromatic ring is 1. The maximum atomic E-state index is 13.1. The zero-order valence-electron chi connectivity index (χ0n) is 14.7. The Morgan fingerprint density at radius 2 is 1.67 bits per heavy atom. The number of nitrogens with zero attached hydrogens (tertiary/aromatic N) is 3. The molecular weight excluding hydrogens is 360 g/mol. The highest BCUT2D eigenvalue weighted by atomic mass is 32.2. The van der Waals surface area contributed by atoms with Gasteiger partial charge in [0.05, 0.1) is 10.3 Å². The van der Waals surface area contributed by atoms with Crippen molar-refractivity contribution in [2.75, 3.05) is 5.73 Å². The van der Waals surface area contributed by atoms with Crippen LogP contribution in [0.1, 0.15) is 17.0 Å². The molecule has 136 valence electrons. The van der Waals surface area contributed by atoms with E-state index in [0.717, 1.165) is 11.1 Å². The van der Waals surface area contributed by atoms with E-state index in [1.54, 1.807) is 30.3 Å². The van der Waals surface area contributed by atoms with Crippen LogP contribution in [0.4, 0.5) is 5.82 Å². The fourth-order valence-electron chi connectivity index (χ4n) is 2.94. The SMILES string of the molecule is Cc1ccc(S(=O)(=O)n2ccc3c(N)nc(Cc4ccccc4)nc32)cc1. The molecule has 0 spiro atoms. The minimum atomic E-state index is -3.77. The highest BCUT2D eigenvalue weighted by Gasteiger charge is 2.21. The number of fused-ring (bicyclic) bond motifs is 1. The van der Waals surface area contributed by atoms with Crippen LogP contribution in [0.15, 0.2) is 71.8 Å². The van der Waals surface area contributed by atoms with Crippen molar-refractivity contribution in [1.82, 2.24) is 13.9 Å². The predicted molar refractivity (Wildman–Crippen MR) is 105 cm³/mol. The summed E-state index contributed by atoms with van der Waals surface area (Å²) >= 11 is 0. The lowest BCUT2D eigenvalue weighted by Gasteiger charge is -2.09. The van der Waals surface area contributed by atoms with Crippen LogP contribution in [0.2, 0.25) is 0 Å². The molecule has 0 fully saturated rings. The molecule has 0 aliphatic carbocycles. The lowest BCUT2D eigenvalue weighted by molar-refractivity contribution is 0.588. The van der Waals surface area contributed by atoms with Crippen LogP contribution < -0.4 is 5.73 Å². The van der Waals surface area contributed by atoms with Gasteiger partial charge >= 0.3 is 0 Å². The smallest absolute Gasteiger partial charge is 0.269 e. The molecule has 4 aromatic rings. The Hall–Kier alpha value is -3.19. The van der Waals surface area contributed by atoms with Crippen LogP contribution >= 0.6 is 0 Å². The van der Waals surface area contributed by atoms with Crippen molar-refractivity contribution in [1.29, 1.82) is 0 Å². The van der Waals surface area contributed by atoms with Crippen LogP contribution in [0.3, 0.4) is 0 Å². The van der Waals surface area contributed by atoms with Crippen LogP contribution in [-0.2, 0) is 16.4 Å². The van der Waals surface area contributed by atoms with Gasteiger partial charge in [0.15, 0.2) is 5.65 Å². The molecule has 2 aromatic heterocycles. The monoisotopic (exact) mass is 378 g/mol. The summed E-state index contributed by atoms with van der Waals surface area (Å²) in [5.41, 5.74) is 8.37. The van der Waals surface area contributed by atoms with Crippen LogP contribution in [-0.4, -0.2) is 22.4 Å². The van der Waals surface area contributed by atoms with E-state index < -0.39 is 10.0 Å². The van der Waals surface area contributed by atoms with Crippen LogP contribution in [0.5, 0.6) is 0 Å². The molecule has 4 rings (SSSR count). The van der Waals surface area contributed by atoms with Crippen molar-refractivity contribution in [2.45, 2.75) is 18.2 Å². The highest BCUT2D eigenvalue weighted by molar-refractivity contribution is 7.90. The summed E-state index contributed by atoms with van der Waals surface area (Å²) in [6.45, 7) is 1.91. The van der Waals surface area contributed by atoms with E-state index in [1.807, 2.05) is 37.3 Å². The molecule has 2 heterocycles. The Labute approximate surface area is 157 Å². The maximum absolute atomic E-state index is 13.1. The topological polar surface area (TPSA) is 90.9 Å². The number of rotatable bonds is 4. The fourth-order valence-corrected chi connectivity index (χ4v) is 4.23. The van der Waals surface area contributed by atoms with E-state index in [-0.39, 0.29) is 16.4 Å². The van der Waals surface area contributed by atoms with Gasteiger partial charge in [0, 0.05) is 12.6 Å². The van der Waals surface area contributed by atoms with Gasteiger partial charge in [-0.25, -0.2) is 22.4 Å². The summed E-state index contributed by atoms with van der Waals surface area (Å²) in [4.78, 5) is 9.03. The molecule has 2 aromatic carbocycles. The van der Waals surface area contributed by atoms with Gasteiger partial charge < -0.3 is 5.73 Å². The largest absolute Gasteiger partial charge is 0.383 e. The van der Waals surface area contributed by atoms with E-state index in [9.17, 15) is 8.42 Å². The number of aryl methyl sites for hydroxylation is 1. The minimum Gasteiger partial charge on any atom is -0.383 e. The summed E-state index contributed by atoms with van der Waals surface area (Å²) in [5, 5.41) is 0.516. The van der Waals surface area contributed by atoms with Gasteiger partial charge in [-0.2, -0.15) is 0 Å². The fraction of sp³-hybridized carbons (Fsp3) is 0.100. The average Bonchev–Trinajstić information content (AvgIpc) is 3.08. The van der Waals surface area contributed by atoms with E-state index >= 15 is 0 Å². The van der Waals surface area contributed by atoms with Gasteiger partial charge in [-0.1, -0.05) is 48.0 Å². The number of hydrogen-bond acceptors (Lipinski definition) is 5. The first-order valence-electron chi connectivity index (χ1n) is 8.45. The standard InChI is InChI=1S/C20H18N4O2S/c1-14-7-9-16(10-8-14)27(25,26)24-12-11-17-19(21)22-18(23-20(17)24)13-15-5-3-2-4-6-15/h2-12H,13H2,1H3,(H2,21,22,23). The van der Waals surface area contributed by atoms with Gasteiger partial charge in [-0.05, 0) is 30.7 Å². The van der Waals surface area contributed by atoms with Gasteiger partial charge in [0.2, 0.25) is 0 Å². The third kappa shape index (κ3) is 3.17. The molecule has 0 aliphatic rings. The Morgan fingerprint density at radius 1 is 0.963 bits per heavy atom. The summed E-state index contributed by atoms with van der Waals surface area (Å²) in [6.07, 6.45) is 1.94. The van der Waals surface area contributed by atoms with Crippen molar-refractivity contribution >= 4 is 26.9 Å². The molecule has 0 aliphatic heterocycles. The van der Waals surface area contributed by atoms with Crippen molar-refractivity contribution in [3.63, 3.8) is 0 Å². The molecule has 0 atom stereocenters. The second-order valence-electron chi connectivity index (χ2n) is 6.35. The Kier molecular flexibility index (Phi) is 4.16.